The molecule has 2 N–H and O–H groups in total. The molecule has 1 spiro atoms. The van der Waals surface area contributed by atoms with E-state index in [9.17, 15) is 15.5 Å². The normalized spacial score (nSPS) is 24.6. The summed E-state index contributed by atoms with van der Waals surface area (Å²) in [6.07, 6.45) is 5.76. The van der Waals surface area contributed by atoms with Crippen molar-refractivity contribution in [1.82, 2.24) is 15.0 Å². The number of aromatic nitrogens is 3. The van der Waals surface area contributed by atoms with Gasteiger partial charge in [-0.3, -0.25) is 0 Å². The second-order valence-electron chi connectivity index (χ2n) is 10.2. The molecule has 2 aromatic rings. The van der Waals surface area contributed by atoms with Crippen LogP contribution in [0.5, 0.6) is 0 Å². The standard InChI is InChI=1S/C25H31ClN6O3S/c1-16-17(2)35-15-25(16)4-7-31(8-5-25)22-18(10-33)30-20(9-29-22)36-19-3-6-28-23(21(19)26)32-12-24(11-27,13-32)14-34/h3,6,9,16-17,33-34H,4-5,7-8,10,12-15H2,1-2H3/t16-,17+/m1/s1. The molecular weight excluding hydrogens is 500 g/mol. The number of hydrogen-bond donors (Lipinski definition) is 2. The summed E-state index contributed by atoms with van der Waals surface area (Å²) < 4.78 is 5.95. The van der Waals surface area contributed by atoms with Gasteiger partial charge in [-0.2, -0.15) is 5.26 Å². The van der Waals surface area contributed by atoms with E-state index in [4.69, 9.17) is 26.3 Å². The summed E-state index contributed by atoms with van der Waals surface area (Å²) in [7, 11) is 0. The molecule has 5 rings (SSSR count). The smallest absolute Gasteiger partial charge is 0.152 e. The monoisotopic (exact) mass is 530 g/mol. The van der Waals surface area contributed by atoms with Gasteiger partial charge in [0.15, 0.2) is 5.82 Å². The topological polar surface area (TPSA) is 119 Å². The highest BCUT2D eigenvalue weighted by Crippen LogP contribution is 2.47. The molecule has 192 valence electrons. The van der Waals surface area contributed by atoms with Crippen LogP contribution in [0.1, 0.15) is 32.4 Å². The van der Waals surface area contributed by atoms with Crippen LogP contribution in [0.25, 0.3) is 0 Å². The first-order valence-electron chi connectivity index (χ1n) is 12.3. The number of anilines is 2. The Hall–Kier alpha value is -2.16. The molecule has 0 saturated carbocycles. The molecule has 5 heterocycles. The Morgan fingerprint density at radius 2 is 1.94 bits per heavy atom. The van der Waals surface area contributed by atoms with Gasteiger partial charge in [-0.15, -0.1) is 0 Å². The van der Waals surface area contributed by atoms with E-state index in [0.29, 0.717) is 46.7 Å². The maximum Gasteiger partial charge on any atom is 0.152 e. The predicted molar refractivity (Wildman–Crippen MR) is 137 cm³/mol. The van der Waals surface area contributed by atoms with E-state index < -0.39 is 5.41 Å². The number of nitriles is 1. The fraction of sp³-hybridized carbons (Fsp3) is 0.600. The second kappa shape index (κ2) is 9.95. The molecule has 3 aliphatic rings. The summed E-state index contributed by atoms with van der Waals surface area (Å²) in [6, 6.07) is 3.99. The predicted octanol–water partition coefficient (Wildman–Crippen LogP) is 3.13. The Balaban J connectivity index is 1.29. The zero-order valence-electron chi connectivity index (χ0n) is 20.5. The van der Waals surface area contributed by atoms with Crippen molar-refractivity contribution < 1.29 is 14.9 Å². The largest absolute Gasteiger partial charge is 0.395 e. The van der Waals surface area contributed by atoms with Gasteiger partial charge in [-0.1, -0.05) is 30.3 Å². The number of piperidine rings is 1. The van der Waals surface area contributed by atoms with E-state index in [0.717, 1.165) is 43.3 Å². The molecular formula is C25H31ClN6O3S. The molecule has 0 aliphatic carbocycles. The van der Waals surface area contributed by atoms with Crippen molar-refractivity contribution in [2.75, 3.05) is 49.2 Å². The number of aliphatic hydroxyl groups excluding tert-OH is 2. The first-order chi connectivity index (χ1) is 17.3. The first-order valence-corrected chi connectivity index (χ1v) is 13.5. The van der Waals surface area contributed by atoms with Crippen molar-refractivity contribution in [2.45, 2.75) is 49.3 Å². The van der Waals surface area contributed by atoms with E-state index in [-0.39, 0.29) is 18.6 Å². The van der Waals surface area contributed by atoms with Crippen LogP contribution in [0, 0.1) is 28.1 Å². The second-order valence-corrected chi connectivity index (χ2v) is 11.7. The van der Waals surface area contributed by atoms with Crippen molar-refractivity contribution in [3.63, 3.8) is 0 Å². The van der Waals surface area contributed by atoms with E-state index in [1.807, 2.05) is 11.0 Å². The SMILES string of the molecule is C[C@@H]1OCC2(CCN(c3ncc(Sc4ccnc(N5CC(C#N)(CO)C5)c4Cl)nc3CO)CC2)[C@@H]1C. The Kier molecular flexibility index (Phi) is 7.05. The lowest BCUT2D eigenvalue weighted by Crippen LogP contribution is -2.58. The van der Waals surface area contributed by atoms with Gasteiger partial charge < -0.3 is 24.7 Å². The Bertz CT molecular complexity index is 1160. The molecule has 3 aliphatic heterocycles. The Morgan fingerprint density at radius 3 is 2.56 bits per heavy atom. The molecule has 9 nitrogen and oxygen atoms in total. The number of rotatable bonds is 6. The number of aliphatic hydroxyl groups is 2. The average Bonchev–Trinajstić information content (AvgIpc) is 3.15. The summed E-state index contributed by atoms with van der Waals surface area (Å²) in [6.45, 7) is 7.37. The third kappa shape index (κ3) is 4.41. The maximum atomic E-state index is 10.1. The summed E-state index contributed by atoms with van der Waals surface area (Å²) in [5.41, 5.74) is 0.0186. The lowest BCUT2D eigenvalue weighted by atomic mass is 9.70. The molecule has 11 heteroatoms. The van der Waals surface area contributed by atoms with Gasteiger partial charge in [0.05, 0.1) is 43.2 Å². The minimum Gasteiger partial charge on any atom is -0.395 e. The molecule has 2 atom stereocenters. The molecule has 0 aromatic carbocycles. The Labute approximate surface area is 220 Å². The fourth-order valence-electron chi connectivity index (χ4n) is 5.52. The van der Waals surface area contributed by atoms with Crippen LogP contribution in [-0.4, -0.2) is 70.7 Å². The lowest BCUT2D eigenvalue weighted by Gasteiger charge is -2.45. The van der Waals surface area contributed by atoms with Crippen molar-refractivity contribution in [3.05, 3.63) is 29.2 Å². The first kappa shape index (κ1) is 25.5. The molecule has 3 saturated heterocycles. The molecule has 2 aromatic heterocycles. The van der Waals surface area contributed by atoms with Gasteiger partial charge in [0.1, 0.15) is 22.0 Å². The van der Waals surface area contributed by atoms with Gasteiger partial charge in [-0.05, 0) is 31.7 Å². The summed E-state index contributed by atoms with van der Waals surface area (Å²) in [4.78, 5) is 18.6. The molecule has 0 unspecified atom stereocenters. The van der Waals surface area contributed by atoms with Gasteiger partial charge in [0.2, 0.25) is 0 Å². The zero-order chi connectivity index (χ0) is 25.5. The fourth-order valence-corrected chi connectivity index (χ4v) is 6.67. The number of halogens is 1. The van der Waals surface area contributed by atoms with Crippen LogP contribution in [0.3, 0.4) is 0 Å². The average molecular weight is 531 g/mol. The van der Waals surface area contributed by atoms with Crippen LogP contribution >= 0.6 is 23.4 Å². The minimum atomic E-state index is -0.763. The Morgan fingerprint density at radius 1 is 1.19 bits per heavy atom. The molecule has 3 fully saturated rings. The van der Waals surface area contributed by atoms with Crippen LogP contribution < -0.4 is 9.80 Å². The van der Waals surface area contributed by atoms with Crippen molar-refractivity contribution in [2.24, 2.45) is 16.7 Å². The van der Waals surface area contributed by atoms with Crippen LogP contribution in [0.2, 0.25) is 5.02 Å². The number of ether oxygens (including phenoxy) is 1. The van der Waals surface area contributed by atoms with E-state index in [1.165, 1.54) is 11.8 Å². The van der Waals surface area contributed by atoms with E-state index in [2.05, 4.69) is 29.8 Å². The maximum absolute atomic E-state index is 10.1. The highest BCUT2D eigenvalue weighted by atomic mass is 35.5. The zero-order valence-corrected chi connectivity index (χ0v) is 22.1. The van der Waals surface area contributed by atoms with Gasteiger partial charge in [-0.25, -0.2) is 15.0 Å². The number of pyridine rings is 1. The summed E-state index contributed by atoms with van der Waals surface area (Å²) >= 11 is 8.03. The van der Waals surface area contributed by atoms with Crippen LogP contribution in [0.4, 0.5) is 11.6 Å². The van der Waals surface area contributed by atoms with E-state index in [1.54, 1.807) is 12.4 Å². The highest BCUT2D eigenvalue weighted by Gasteiger charge is 2.47. The van der Waals surface area contributed by atoms with Gasteiger partial charge >= 0.3 is 0 Å². The molecule has 0 bridgehead atoms. The summed E-state index contributed by atoms with van der Waals surface area (Å²) in [5.74, 6) is 1.85. The lowest BCUT2D eigenvalue weighted by molar-refractivity contribution is 0.0969. The minimum absolute atomic E-state index is 0.193. The van der Waals surface area contributed by atoms with Crippen molar-refractivity contribution in [1.29, 1.82) is 5.26 Å². The number of hydrogen-bond acceptors (Lipinski definition) is 10. The van der Waals surface area contributed by atoms with Gasteiger partial charge in [0, 0.05) is 42.7 Å². The van der Waals surface area contributed by atoms with Crippen LogP contribution in [-0.2, 0) is 11.3 Å². The molecule has 36 heavy (non-hydrogen) atoms. The third-order valence-corrected chi connectivity index (χ3v) is 9.64. The molecule has 0 amide bonds. The summed E-state index contributed by atoms with van der Waals surface area (Å²) in [5, 5.41) is 30.0. The van der Waals surface area contributed by atoms with Gasteiger partial charge in [0.25, 0.3) is 0 Å². The molecule has 0 radical (unpaired) electrons. The van der Waals surface area contributed by atoms with Crippen molar-refractivity contribution >= 4 is 35.0 Å². The van der Waals surface area contributed by atoms with Crippen molar-refractivity contribution in [3.8, 4) is 6.07 Å². The van der Waals surface area contributed by atoms with E-state index >= 15 is 0 Å². The highest BCUT2D eigenvalue weighted by molar-refractivity contribution is 7.99. The van der Waals surface area contributed by atoms with Crippen LogP contribution in [0.15, 0.2) is 28.4 Å². The number of nitrogens with zero attached hydrogens (tertiary/aromatic N) is 6. The third-order valence-electron chi connectivity index (χ3n) is 8.19. The quantitative estimate of drug-likeness (QED) is 0.576.